The fraction of sp³-hybridized carbons (Fsp3) is 0. The number of halogens is 2. The third-order valence-electron chi connectivity index (χ3n) is 3.02. The molecule has 5 nitrogen and oxygen atoms in total. The van der Waals surface area contributed by atoms with E-state index in [1.807, 2.05) is 0 Å². The van der Waals surface area contributed by atoms with Gasteiger partial charge in [-0.3, -0.25) is 4.72 Å². The molecule has 2 aromatic carbocycles. The number of hydrogen-bond donors (Lipinski definition) is 1. The Morgan fingerprint density at radius 3 is 2.39 bits per heavy atom. The Bertz CT molecular complexity index is 921. The minimum absolute atomic E-state index is 0.140. The van der Waals surface area contributed by atoms with E-state index in [9.17, 15) is 17.2 Å². The average Bonchev–Trinajstić information content (AvgIpc) is 3.00. The van der Waals surface area contributed by atoms with Gasteiger partial charge in [0.25, 0.3) is 10.0 Å². The summed E-state index contributed by atoms with van der Waals surface area (Å²) in [4.78, 5) is 2.75. The van der Waals surface area contributed by atoms with Crippen LogP contribution in [0.15, 0.2) is 64.4 Å². The van der Waals surface area contributed by atoms with E-state index >= 15 is 0 Å². The fourth-order valence-electron chi connectivity index (χ4n) is 2.04. The Labute approximate surface area is 130 Å². The van der Waals surface area contributed by atoms with Crippen molar-refractivity contribution in [1.82, 2.24) is 4.98 Å². The lowest BCUT2D eigenvalue weighted by Crippen LogP contribution is -2.16. The molecule has 1 N–H and O–H groups in total. The topological polar surface area (TPSA) is 72.2 Å². The zero-order chi connectivity index (χ0) is 16.4. The molecule has 3 aromatic rings. The molecule has 0 bridgehead atoms. The Morgan fingerprint density at radius 2 is 1.74 bits per heavy atom. The molecule has 0 aliphatic heterocycles. The molecule has 118 valence electrons. The van der Waals surface area contributed by atoms with Crippen LogP contribution in [0.1, 0.15) is 0 Å². The molecule has 8 heteroatoms. The van der Waals surface area contributed by atoms with Gasteiger partial charge in [0, 0.05) is 11.3 Å². The van der Waals surface area contributed by atoms with Crippen molar-refractivity contribution in [3.8, 4) is 11.3 Å². The molecule has 1 heterocycles. The largest absolute Gasteiger partial charge is 0.444 e. The molecule has 0 saturated carbocycles. The number of rotatable bonds is 4. The van der Waals surface area contributed by atoms with E-state index < -0.39 is 26.6 Å². The molecule has 0 unspecified atom stereocenters. The van der Waals surface area contributed by atoms with Crippen molar-refractivity contribution in [2.45, 2.75) is 4.90 Å². The number of aromatic nitrogens is 1. The van der Waals surface area contributed by atoms with Crippen molar-refractivity contribution >= 4 is 15.7 Å². The van der Waals surface area contributed by atoms with Gasteiger partial charge >= 0.3 is 0 Å². The molecule has 0 spiro atoms. The van der Waals surface area contributed by atoms with Gasteiger partial charge < -0.3 is 4.42 Å². The fourth-order valence-corrected chi connectivity index (χ4v) is 3.23. The third kappa shape index (κ3) is 3.07. The summed E-state index contributed by atoms with van der Waals surface area (Å²) >= 11 is 0. The lowest BCUT2D eigenvalue weighted by molar-refractivity contribution is 0.521. The normalized spacial score (nSPS) is 11.4. The van der Waals surface area contributed by atoms with Crippen LogP contribution in [0.5, 0.6) is 0 Å². The summed E-state index contributed by atoms with van der Waals surface area (Å²) in [6.07, 6.45) is 2.70. The Kier molecular flexibility index (Phi) is 3.83. The molecule has 0 radical (unpaired) electrons. The molecular weight excluding hydrogens is 326 g/mol. The molecule has 0 fully saturated rings. The quantitative estimate of drug-likeness (QED) is 0.792. The second kappa shape index (κ2) is 5.81. The average molecular weight is 336 g/mol. The van der Waals surface area contributed by atoms with Crippen molar-refractivity contribution < 1.29 is 21.6 Å². The number of nitrogens with zero attached hydrogens (tertiary/aromatic N) is 1. The first-order valence-corrected chi connectivity index (χ1v) is 7.91. The van der Waals surface area contributed by atoms with E-state index in [1.54, 1.807) is 12.1 Å². The van der Waals surface area contributed by atoms with Gasteiger partial charge in [-0.1, -0.05) is 18.2 Å². The van der Waals surface area contributed by atoms with Crippen molar-refractivity contribution in [3.05, 3.63) is 66.7 Å². The monoisotopic (exact) mass is 336 g/mol. The highest BCUT2D eigenvalue weighted by atomic mass is 32.2. The van der Waals surface area contributed by atoms with E-state index in [0.717, 1.165) is 18.2 Å². The summed E-state index contributed by atoms with van der Waals surface area (Å²) in [5.74, 6) is -1.89. The zero-order valence-electron chi connectivity index (χ0n) is 11.5. The summed E-state index contributed by atoms with van der Waals surface area (Å²) in [7, 11) is -4.41. The van der Waals surface area contributed by atoms with Crippen molar-refractivity contribution in [1.29, 1.82) is 0 Å². The summed E-state index contributed by atoms with van der Waals surface area (Å²) in [6, 6.07) is 9.03. The molecule has 23 heavy (non-hydrogen) atoms. The first-order valence-electron chi connectivity index (χ1n) is 6.43. The van der Waals surface area contributed by atoms with E-state index in [-0.39, 0.29) is 5.69 Å². The molecule has 0 amide bonds. The second-order valence-electron chi connectivity index (χ2n) is 4.60. The molecule has 3 rings (SSSR count). The van der Waals surface area contributed by atoms with E-state index in [4.69, 9.17) is 4.42 Å². The smallest absolute Gasteiger partial charge is 0.267 e. The highest BCUT2D eigenvalue weighted by molar-refractivity contribution is 7.92. The second-order valence-corrected chi connectivity index (χ2v) is 6.22. The Balaban J connectivity index is 1.97. The molecule has 0 aliphatic rings. The van der Waals surface area contributed by atoms with Crippen LogP contribution in [0.2, 0.25) is 0 Å². The minimum Gasteiger partial charge on any atom is -0.444 e. The standard InChI is InChI=1S/C15H10F2N2O3S/c16-12-5-2-6-13(17)15(12)23(20,21)19-11-4-1-3-10(7-11)14-8-18-9-22-14/h1-9,19H. The first-order chi connectivity index (χ1) is 11.0. The van der Waals surface area contributed by atoms with Crippen LogP contribution < -0.4 is 4.72 Å². The van der Waals surface area contributed by atoms with Gasteiger partial charge in [0.05, 0.1) is 6.20 Å². The summed E-state index contributed by atoms with van der Waals surface area (Å²) in [5, 5.41) is 0. The Hall–Kier alpha value is -2.74. The van der Waals surface area contributed by atoms with E-state index in [1.165, 1.54) is 24.7 Å². The van der Waals surface area contributed by atoms with Gasteiger partial charge in [-0.05, 0) is 24.3 Å². The van der Waals surface area contributed by atoms with Crippen molar-refractivity contribution in [2.24, 2.45) is 0 Å². The molecule has 1 aromatic heterocycles. The minimum atomic E-state index is -4.41. The van der Waals surface area contributed by atoms with Gasteiger partial charge in [0.1, 0.15) is 11.6 Å². The van der Waals surface area contributed by atoms with Gasteiger partial charge in [-0.2, -0.15) is 0 Å². The molecular formula is C15H10F2N2O3S. The number of hydrogen-bond acceptors (Lipinski definition) is 4. The third-order valence-corrected chi connectivity index (χ3v) is 4.45. The number of oxazole rings is 1. The SMILES string of the molecule is O=S(=O)(Nc1cccc(-c2cnco2)c1)c1c(F)cccc1F. The van der Waals surface area contributed by atoms with Gasteiger partial charge in [-0.15, -0.1) is 0 Å². The maximum absolute atomic E-state index is 13.7. The molecule has 0 saturated heterocycles. The van der Waals surface area contributed by atoms with Crippen LogP contribution in [0, 0.1) is 11.6 Å². The van der Waals surface area contributed by atoms with E-state index in [2.05, 4.69) is 9.71 Å². The molecule has 0 aliphatic carbocycles. The van der Waals surface area contributed by atoms with Gasteiger partial charge in [0.2, 0.25) is 0 Å². The highest BCUT2D eigenvalue weighted by Gasteiger charge is 2.24. The number of sulfonamides is 1. The predicted octanol–water partition coefficient (Wildman–Crippen LogP) is 3.42. The maximum atomic E-state index is 13.7. The van der Waals surface area contributed by atoms with Crippen LogP contribution in [0.3, 0.4) is 0 Å². The van der Waals surface area contributed by atoms with Crippen molar-refractivity contribution in [2.75, 3.05) is 4.72 Å². The predicted molar refractivity (Wildman–Crippen MR) is 79.1 cm³/mol. The van der Waals surface area contributed by atoms with E-state index in [0.29, 0.717) is 11.3 Å². The summed E-state index contributed by atoms with van der Waals surface area (Å²) < 4.78 is 59.0. The zero-order valence-corrected chi connectivity index (χ0v) is 12.3. The van der Waals surface area contributed by atoms with Crippen LogP contribution in [0.4, 0.5) is 14.5 Å². The van der Waals surface area contributed by atoms with Crippen LogP contribution in [-0.2, 0) is 10.0 Å². The lowest BCUT2D eigenvalue weighted by atomic mass is 10.2. The first kappa shape index (κ1) is 15.2. The van der Waals surface area contributed by atoms with Gasteiger partial charge in [0.15, 0.2) is 17.0 Å². The summed E-state index contributed by atoms with van der Waals surface area (Å²) in [5.41, 5.74) is 0.707. The van der Waals surface area contributed by atoms with Crippen LogP contribution in [-0.4, -0.2) is 13.4 Å². The van der Waals surface area contributed by atoms with Gasteiger partial charge in [-0.25, -0.2) is 22.2 Å². The van der Waals surface area contributed by atoms with Crippen LogP contribution >= 0.6 is 0 Å². The lowest BCUT2D eigenvalue weighted by Gasteiger charge is -2.10. The molecule has 0 atom stereocenters. The van der Waals surface area contributed by atoms with Crippen molar-refractivity contribution in [3.63, 3.8) is 0 Å². The van der Waals surface area contributed by atoms with Crippen LogP contribution in [0.25, 0.3) is 11.3 Å². The maximum Gasteiger partial charge on any atom is 0.267 e. The summed E-state index contributed by atoms with van der Waals surface area (Å²) in [6.45, 7) is 0. The Morgan fingerprint density at radius 1 is 1.04 bits per heavy atom. The highest BCUT2D eigenvalue weighted by Crippen LogP contribution is 2.25. The number of benzene rings is 2. The number of nitrogens with one attached hydrogen (secondary N) is 1. The number of anilines is 1.